The summed E-state index contributed by atoms with van der Waals surface area (Å²) in [6, 6.07) is 3.48. The van der Waals surface area contributed by atoms with Crippen LogP contribution in [-0.2, 0) is 4.79 Å². The van der Waals surface area contributed by atoms with Gasteiger partial charge in [-0.25, -0.2) is 0 Å². The lowest BCUT2D eigenvalue weighted by molar-refractivity contribution is -0.112. The third kappa shape index (κ3) is 2.84. The van der Waals surface area contributed by atoms with Gasteiger partial charge < -0.3 is 0 Å². The van der Waals surface area contributed by atoms with E-state index in [0.717, 1.165) is 5.69 Å². The maximum atomic E-state index is 10.5. The molecule has 0 N–H and O–H groups in total. The molecule has 12 heavy (non-hydrogen) atoms. The Labute approximate surface area is 75.9 Å². The molecule has 0 fully saturated rings. The Morgan fingerprint density at radius 3 is 2.83 bits per heavy atom. The smallest absolute Gasteiger partial charge is 0.152 e. The number of hydrogen-bond donors (Lipinski definition) is 0. The normalized spacial score (nSPS) is 10.5. The van der Waals surface area contributed by atoms with Crippen LogP contribution in [-0.4, -0.2) is 10.8 Å². The number of rotatable bonds is 2. The third-order valence-electron chi connectivity index (χ3n) is 1.24. The molecule has 2 nitrogen and oxygen atoms in total. The van der Waals surface area contributed by atoms with Gasteiger partial charge in [-0.3, -0.25) is 9.78 Å². The van der Waals surface area contributed by atoms with E-state index in [1.54, 1.807) is 24.4 Å². The first-order valence-corrected chi connectivity index (χ1v) is 3.86. The van der Waals surface area contributed by atoms with E-state index in [4.69, 9.17) is 11.6 Å². The highest BCUT2D eigenvalue weighted by Crippen LogP contribution is 2.06. The molecule has 0 aliphatic carbocycles. The molecular weight excluding hydrogens is 174 g/mol. The van der Waals surface area contributed by atoms with E-state index >= 15 is 0 Å². The Hall–Kier alpha value is -1.15. The van der Waals surface area contributed by atoms with Crippen LogP contribution in [0.2, 0.25) is 5.02 Å². The standard InChI is InChI=1S/C9H8ClNO/c1-7(12)2-4-9-5-3-8(10)6-11-9/h2-6H,1H3/b4-2+. The summed E-state index contributed by atoms with van der Waals surface area (Å²) < 4.78 is 0. The van der Waals surface area contributed by atoms with Gasteiger partial charge in [0.15, 0.2) is 5.78 Å². The van der Waals surface area contributed by atoms with Crippen LogP contribution in [0.25, 0.3) is 6.08 Å². The Bertz CT molecular complexity index is 303. The first-order valence-electron chi connectivity index (χ1n) is 3.48. The summed E-state index contributed by atoms with van der Waals surface area (Å²) in [5, 5.41) is 0.593. The molecule has 1 rings (SSSR count). The average Bonchev–Trinajstić information content (AvgIpc) is 2.03. The second-order valence-electron chi connectivity index (χ2n) is 2.35. The fourth-order valence-electron chi connectivity index (χ4n) is 0.689. The molecule has 0 bridgehead atoms. The zero-order valence-corrected chi connectivity index (χ0v) is 7.38. The van der Waals surface area contributed by atoms with Gasteiger partial charge in [0.2, 0.25) is 0 Å². The van der Waals surface area contributed by atoms with Crippen molar-refractivity contribution in [1.82, 2.24) is 4.98 Å². The molecule has 0 aromatic carbocycles. The first-order chi connectivity index (χ1) is 5.68. The van der Waals surface area contributed by atoms with Crippen LogP contribution in [0.5, 0.6) is 0 Å². The highest BCUT2D eigenvalue weighted by atomic mass is 35.5. The van der Waals surface area contributed by atoms with Crippen molar-refractivity contribution in [1.29, 1.82) is 0 Å². The van der Waals surface area contributed by atoms with Crippen LogP contribution in [0.15, 0.2) is 24.4 Å². The van der Waals surface area contributed by atoms with Gasteiger partial charge in [0.1, 0.15) is 0 Å². The number of pyridine rings is 1. The quantitative estimate of drug-likeness (QED) is 0.656. The predicted octanol–water partition coefficient (Wildman–Crippen LogP) is 2.34. The average molecular weight is 182 g/mol. The van der Waals surface area contributed by atoms with Crippen molar-refractivity contribution in [2.24, 2.45) is 0 Å². The van der Waals surface area contributed by atoms with Gasteiger partial charge >= 0.3 is 0 Å². The second-order valence-corrected chi connectivity index (χ2v) is 2.78. The topological polar surface area (TPSA) is 30.0 Å². The van der Waals surface area contributed by atoms with Gasteiger partial charge in [-0.15, -0.1) is 0 Å². The van der Waals surface area contributed by atoms with Gasteiger partial charge in [0, 0.05) is 6.20 Å². The van der Waals surface area contributed by atoms with Crippen molar-refractivity contribution in [2.75, 3.05) is 0 Å². The molecule has 62 valence electrons. The van der Waals surface area contributed by atoms with E-state index in [-0.39, 0.29) is 5.78 Å². The minimum absolute atomic E-state index is 0.00625. The molecule has 0 aliphatic rings. The molecule has 0 unspecified atom stereocenters. The summed E-state index contributed by atoms with van der Waals surface area (Å²) in [5.74, 6) is 0.00625. The Balaban J connectivity index is 2.77. The molecule has 3 heteroatoms. The lowest BCUT2D eigenvalue weighted by atomic mass is 10.3. The number of hydrogen-bond acceptors (Lipinski definition) is 2. The van der Waals surface area contributed by atoms with E-state index < -0.39 is 0 Å². The molecule has 0 aliphatic heterocycles. The lowest BCUT2D eigenvalue weighted by Crippen LogP contribution is -1.82. The predicted molar refractivity (Wildman–Crippen MR) is 49.0 cm³/mol. The summed E-state index contributed by atoms with van der Waals surface area (Å²) in [6.45, 7) is 1.49. The number of allylic oxidation sites excluding steroid dienone is 1. The van der Waals surface area contributed by atoms with Crippen molar-refractivity contribution in [3.8, 4) is 0 Å². The van der Waals surface area contributed by atoms with Gasteiger partial charge in [0.25, 0.3) is 0 Å². The first kappa shape index (κ1) is 8.94. The largest absolute Gasteiger partial charge is 0.295 e. The maximum absolute atomic E-state index is 10.5. The SMILES string of the molecule is CC(=O)/C=C/c1ccc(Cl)cn1. The molecule has 0 amide bonds. The number of aromatic nitrogens is 1. The second kappa shape index (κ2) is 4.02. The molecule has 1 aromatic rings. The molecule has 1 heterocycles. The Morgan fingerprint density at radius 2 is 2.33 bits per heavy atom. The van der Waals surface area contributed by atoms with Gasteiger partial charge in [-0.1, -0.05) is 11.6 Å². The molecule has 0 radical (unpaired) electrons. The van der Waals surface area contributed by atoms with Crippen molar-refractivity contribution in [3.05, 3.63) is 35.1 Å². The van der Waals surface area contributed by atoms with Crippen LogP contribution in [0.4, 0.5) is 0 Å². The highest BCUT2D eigenvalue weighted by molar-refractivity contribution is 6.30. The van der Waals surface area contributed by atoms with E-state index in [1.165, 1.54) is 13.0 Å². The number of ketones is 1. The molecule has 0 spiro atoms. The van der Waals surface area contributed by atoms with Crippen LogP contribution in [0, 0.1) is 0 Å². The molecule has 1 aromatic heterocycles. The zero-order chi connectivity index (χ0) is 8.97. The van der Waals surface area contributed by atoms with E-state index in [1.807, 2.05) is 0 Å². The Kier molecular flexibility index (Phi) is 3.00. The number of halogens is 1. The molecule has 0 atom stereocenters. The number of carbonyl (C=O) groups is 1. The van der Waals surface area contributed by atoms with E-state index in [0.29, 0.717) is 5.02 Å². The molecular formula is C9H8ClNO. The van der Waals surface area contributed by atoms with Gasteiger partial charge in [-0.2, -0.15) is 0 Å². The third-order valence-corrected chi connectivity index (χ3v) is 1.46. The van der Waals surface area contributed by atoms with Crippen LogP contribution >= 0.6 is 11.6 Å². The van der Waals surface area contributed by atoms with Crippen molar-refractivity contribution in [2.45, 2.75) is 6.92 Å². The molecule has 0 saturated carbocycles. The van der Waals surface area contributed by atoms with Crippen molar-refractivity contribution < 1.29 is 4.79 Å². The highest BCUT2D eigenvalue weighted by Gasteiger charge is 1.89. The monoisotopic (exact) mass is 181 g/mol. The summed E-state index contributed by atoms with van der Waals surface area (Å²) in [7, 11) is 0. The minimum Gasteiger partial charge on any atom is -0.295 e. The number of nitrogens with zero attached hydrogens (tertiary/aromatic N) is 1. The van der Waals surface area contributed by atoms with Gasteiger partial charge in [-0.05, 0) is 31.2 Å². The lowest BCUT2D eigenvalue weighted by Gasteiger charge is -1.90. The number of carbonyl (C=O) groups excluding carboxylic acids is 1. The van der Waals surface area contributed by atoms with Crippen molar-refractivity contribution >= 4 is 23.5 Å². The van der Waals surface area contributed by atoms with Crippen LogP contribution < -0.4 is 0 Å². The Morgan fingerprint density at radius 1 is 1.58 bits per heavy atom. The summed E-state index contributed by atoms with van der Waals surface area (Å²) in [4.78, 5) is 14.5. The van der Waals surface area contributed by atoms with E-state index in [2.05, 4.69) is 4.98 Å². The fourth-order valence-corrected chi connectivity index (χ4v) is 0.800. The molecule has 0 saturated heterocycles. The summed E-state index contributed by atoms with van der Waals surface area (Å²) in [5.41, 5.74) is 0.731. The fraction of sp³-hybridized carbons (Fsp3) is 0.111. The summed E-state index contributed by atoms with van der Waals surface area (Å²) >= 11 is 5.62. The van der Waals surface area contributed by atoms with Gasteiger partial charge in [0.05, 0.1) is 10.7 Å². The minimum atomic E-state index is 0.00625. The van der Waals surface area contributed by atoms with Crippen LogP contribution in [0.3, 0.4) is 0 Å². The van der Waals surface area contributed by atoms with Crippen LogP contribution in [0.1, 0.15) is 12.6 Å². The zero-order valence-electron chi connectivity index (χ0n) is 6.62. The summed E-state index contributed by atoms with van der Waals surface area (Å²) in [6.07, 6.45) is 4.66. The van der Waals surface area contributed by atoms with E-state index in [9.17, 15) is 4.79 Å². The maximum Gasteiger partial charge on any atom is 0.152 e. The van der Waals surface area contributed by atoms with Crippen molar-refractivity contribution in [3.63, 3.8) is 0 Å².